The topological polar surface area (TPSA) is 158 Å². The number of hydrogen-bond donors (Lipinski definition) is 0. The van der Waals surface area contributed by atoms with E-state index in [0.29, 0.717) is 30.2 Å². The zero-order valence-corrected chi connectivity index (χ0v) is 44.8. The number of benzene rings is 4. The fraction of sp³-hybridized carbons (Fsp3) is 0.293. The van der Waals surface area contributed by atoms with Crippen LogP contribution in [-0.4, -0.2) is 114 Å². The number of ether oxygens (including phenoxy) is 1. The molecule has 0 saturated heterocycles. The minimum absolute atomic E-state index is 0.0565. The number of hydrazone groups is 3. The van der Waals surface area contributed by atoms with Crippen LogP contribution >= 0.6 is 36.4 Å². The average Bonchev–Trinajstić information content (AvgIpc) is 3.35. The maximum absolute atomic E-state index is 12.6. The third-order valence-electron chi connectivity index (χ3n) is 8.82. The summed E-state index contributed by atoms with van der Waals surface area (Å²) in [5.74, 6) is 2.77. The van der Waals surface area contributed by atoms with Crippen molar-refractivity contribution in [2.24, 2.45) is 15.3 Å². The number of methoxy groups -OCH3 is 1. The standard InChI is InChI=1S/C25H26N4O3P2S2.C16H29N3O7P3S/c1-5-20-6-14-24(15-7-20)31-33(35)29(3)27-19-22-10-16-25(17-11-22)32-34(36)28(2)26-18-21-8-12-23(30-4)13-9-21;1-17-18(2)27(30)26-16-9-7-15(8-10-16)11-12-19(13-28(20,22-3)23-4)14-29(21,24-5)25-6/h5-19H,1H2,2-4H3;7-10H,1,11-14H2,2-6H3/q+2;+1/b26-18+,27-19+;. The van der Waals surface area contributed by atoms with Gasteiger partial charge in [0, 0.05) is 41.7 Å². The van der Waals surface area contributed by atoms with Gasteiger partial charge in [-0.15, -0.1) is 15.3 Å². The lowest BCUT2D eigenvalue weighted by Crippen LogP contribution is -2.29. The fourth-order valence-corrected chi connectivity index (χ4v) is 10.1. The Morgan fingerprint density at radius 3 is 1.26 bits per heavy atom. The molecule has 0 radical (unpaired) electrons. The first-order chi connectivity index (χ1) is 31.5. The molecular weight excluding hydrogens is 1000 g/mol. The highest BCUT2D eigenvalue weighted by molar-refractivity contribution is 8.02. The van der Waals surface area contributed by atoms with Crippen molar-refractivity contribution in [1.82, 2.24) is 19.2 Å². The van der Waals surface area contributed by atoms with Crippen molar-refractivity contribution in [3.05, 3.63) is 126 Å². The Labute approximate surface area is 406 Å². The second-order valence-corrected chi connectivity index (χ2v) is 24.2. The molecule has 17 nitrogen and oxygen atoms in total. The molecular formula is C41H55N7O10P5S3+3. The van der Waals surface area contributed by atoms with Crippen molar-refractivity contribution >= 4 is 97.1 Å². The zero-order valence-electron chi connectivity index (χ0n) is 37.9. The van der Waals surface area contributed by atoms with Gasteiger partial charge in [-0.2, -0.15) is 0 Å². The molecule has 0 N–H and O–H groups in total. The molecule has 0 aliphatic carbocycles. The summed E-state index contributed by atoms with van der Waals surface area (Å²) < 4.78 is 72.5. The molecule has 3 atom stereocenters. The van der Waals surface area contributed by atoms with Crippen LogP contribution in [0.2, 0.25) is 0 Å². The summed E-state index contributed by atoms with van der Waals surface area (Å²) in [4.78, 5) is 1.68. The highest BCUT2D eigenvalue weighted by Crippen LogP contribution is 2.51. The first-order valence-corrected chi connectivity index (χ1v) is 29.6. The number of hydrogen-bond acceptors (Lipinski definition) is 17. The van der Waals surface area contributed by atoms with Crippen LogP contribution in [0.1, 0.15) is 22.3 Å². The Hall–Kier alpha value is -3.95. The molecule has 0 bridgehead atoms. The Balaban J connectivity index is 0.000000357. The monoisotopic (exact) mass is 1060 g/mol. The molecule has 0 aromatic heterocycles. The quantitative estimate of drug-likeness (QED) is 0.0315. The van der Waals surface area contributed by atoms with E-state index in [1.54, 1.807) is 61.2 Å². The van der Waals surface area contributed by atoms with Crippen molar-refractivity contribution in [1.29, 1.82) is 0 Å². The van der Waals surface area contributed by atoms with Crippen molar-refractivity contribution in [3.63, 3.8) is 0 Å². The molecule has 0 amide bonds. The highest BCUT2D eigenvalue weighted by Gasteiger charge is 2.32. The molecule has 0 spiro atoms. The molecule has 0 fully saturated rings. The van der Waals surface area contributed by atoms with E-state index in [1.165, 1.54) is 33.2 Å². The molecule has 4 aromatic rings. The molecule has 4 aromatic carbocycles. The van der Waals surface area contributed by atoms with Gasteiger partial charge in [-0.3, -0.25) is 27.6 Å². The summed E-state index contributed by atoms with van der Waals surface area (Å²) in [6.07, 6.45) is 5.70. The maximum Gasteiger partial charge on any atom is 0.540 e. The average molecular weight is 1060 g/mol. The molecule has 0 aliphatic rings. The van der Waals surface area contributed by atoms with Crippen LogP contribution in [0.15, 0.2) is 119 Å². The largest absolute Gasteiger partial charge is 0.540 e. The summed E-state index contributed by atoms with van der Waals surface area (Å²) in [5, 5.41) is 12.5. The van der Waals surface area contributed by atoms with Crippen LogP contribution in [0, 0.1) is 0 Å². The van der Waals surface area contributed by atoms with E-state index in [9.17, 15) is 9.13 Å². The lowest BCUT2D eigenvalue weighted by molar-refractivity contribution is 0.224. The third kappa shape index (κ3) is 19.7. The van der Waals surface area contributed by atoms with E-state index < -0.39 is 36.4 Å². The number of nitrogens with zero attached hydrogens (tertiary/aromatic N) is 7. The summed E-state index contributed by atoms with van der Waals surface area (Å²) in [7, 11) is 1.39. The molecule has 0 saturated carbocycles. The first-order valence-electron chi connectivity index (χ1n) is 19.4. The van der Waals surface area contributed by atoms with Gasteiger partial charge >= 0.3 is 36.4 Å². The SMILES string of the molecule is C=Cc1ccc(O[P+](=S)N(C)/N=C/c2ccc(O[P+](=S)N(C)/N=C/c3ccc(OC)cc3)cc2)cc1.C=NN(C)[P+](=S)Oc1ccc(CCN(CP(=O)(OC)OC)CP(=O)(OC)OC)cc1. The predicted octanol–water partition coefficient (Wildman–Crippen LogP) is 10.7. The summed E-state index contributed by atoms with van der Waals surface area (Å²) in [6.45, 7) is 7.58. The van der Waals surface area contributed by atoms with Crippen LogP contribution in [0.5, 0.6) is 23.0 Å². The van der Waals surface area contributed by atoms with E-state index in [1.807, 2.05) is 97.1 Å². The van der Waals surface area contributed by atoms with Gasteiger partial charge in [-0.05, 0) is 101 Å². The van der Waals surface area contributed by atoms with Crippen molar-refractivity contribution in [2.75, 3.05) is 75.8 Å². The molecule has 0 aliphatic heterocycles. The van der Waals surface area contributed by atoms with Crippen LogP contribution in [-0.2, 0) is 69.1 Å². The van der Waals surface area contributed by atoms with E-state index in [2.05, 4.69) is 28.6 Å². The fourth-order valence-electron chi connectivity index (χ4n) is 4.91. The summed E-state index contributed by atoms with van der Waals surface area (Å²) >= 11 is 16.2. The predicted molar refractivity (Wildman–Crippen MR) is 279 cm³/mol. The second kappa shape index (κ2) is 29.1. The smallest absolute Gasteiger partial charge is 0.497 e. The van der Waals surface area contributed by atoms with Crippen molar-refractivity contribution in [2.45, 2.75) is 6.42 Å². The summed E-state index contributed by atoms with van der Waals surface area (Å²) in [5.41, 5.74) is 3.84. The van der Waals surface area contributed by atoms with Crippen LogP contribution in [0.4, 0.5) is 0 Å². The Morgan fingerprint density at radius 2 is 0.909 bits per heavy atom. The number of rotatable bonds is 27. The van der Waals surface area contributed by atoms with Gasteiger partial charge < -0.3 is 22.8 Å². The molecule has 66 heavy (non-hydrogen) atoms. The van der Waals surface area contributed by atoms with Gasteiger partial charge in [0.2, 0.25) is 35.4 Å². The molecule has 354 valence electrons. The maximum atomic E-state index is 12.6. The van der Waals surface area contributed by atoms with E-state index in [-0.39, 0.29) is 12.6 Å². The van der Waals surface area contributed by atoms with E-state index in [4.69, 9.17) is 71.8 Å². The van der Waals surface area contributed by atoms with Crippen molar-refractivity contribution in [3.8, 4) is 23.0 Å². The van der Waals surface area contributed by atoms with Crippen LogP contribution in [0.3, 0.4) is 0 Å². The molecule has 3 unspecified atom stereocenters. The second-order valence-electron chi connectivity index (χ2n) is 13.2. The minimum Gasteiger partial charge on any atom is -0.497 e. The molecule has 4 rings (SSSR count). The Kier molecular flexibility index (Phi) is 24.8. The van der Waals surface area contributed by atoms with Crippen LogP contribution < -0.4 is 18.3 Å². The lowest BCUT2D eigenvalue weighted by Gasteiger charge is -2.27. The normalized spacial score (nSPS) is 12.2. The lowest BCUT2D eigenvalue weighted by atomic mass is 10.1. The van der Waals surface area contributed by atoms with Crippen LogP contribution in [0.25, 0.3) is 6.08 Å². The van der Waals surface area contributed by atoms with Gasteiger partial charge in [0.1, 0.15) is 18.3 Å². The Bertz CT molecular complexity index is 2330. The van der Waals surface area contributed by atoms with Gasteiger partial charge in [0.05, 0.1) is 40.7 Å². The molecule has 25 heteroatoms. The molecule has 0 heterocycles. The van der Waals surface area contributed by atoms with Gasteiger partial charge in [-0.1, -0.05) is 51.3 Å². The van der Waals surface area contributed by atoms with E-state index in [0.717, 1.165) is 28.0 Å². The third-order valence-corrected chi connectivity index (χ3v) is 18.2. The van der Waals surface area contributed by atoms with Gasteiger partial charge in [-0.25, -0.2) is 0 Å². The van der Waals surface area contributed by atoms with E-state index >= 15 is 0 Å². The van der Waals surface area contributed by atoms with Gasteiger partial charge in [0.25, 0.3) is 0 Å². The summed E-state index contributed by atoms with van der Waals surface area (Å²) in [6, 6.07) is 30.1. The minimum atomic E-state index is -3.36. The first kappa shape index (κ1) is 56.4. The van der Waals surface area contributed by atoms with Crippen molar-refractivity contribution < 1.29 is 45.5 Å². The van der Waals surface area contributed by atoms with Gasteiger partial charge in [0.15, 0.2) is 17.2 Å². The highest BCUT2D eigenvalue weighted by atomic mass is 32.4. The Morgan fingerprint density at radius 1 is 0.561 bits per heavy atom. The zero-order chi connectivity index (χ0) is 48.7.